The van der Waals surface area contributed by atoms with Crippen LogP contribution in [-0.4, -0.2) is 32.5 Å². The molecule has 0 bridgehead atoms. The molecule has 0 saturated carbocycles. The summed E-state index contributed by atoms with van der Waals surface area (Å²) in [6, 6.07) is 6.43. The van der Waals surface area contributed by atoms with Crippen LogP contribution in [0.15, 0.2) is 41.8 Å². The number of rotatable bonds is 4. The predicted octanol–water partition coefficient (Wildman–Crippen LogP) is 2.32. The summed E-state index contributed by atoms with van der Waals surface area (Å²) in [5.41, 5.74) is 8.44. The summed E-state index contributed by atoms with van der Waals surface area (Å²) in [4.78, 5) is 13.1. The number of amidine groups is 1. The highest BCUT2D eigenvalue weighted by molar-refractivity contribution is 6.30. The minimum Gasteiger partial charge on any atom is -0.443 e. The van der Waals surface area contributed by atoms with E-state index in [1.165, 1.54) is 17.2 Å². The monoisotopic (exact) mass is 350 g/mol. The van der Waals surface area contributed by atoms with E-state index in [1.807, 2.05) is 0 Å². The first-order chi connectivity index (χ1) is 11.3. The smallest absolute Gasteiger partial charge is 0.428 e. The second kappa shape index (κ2) is 7.31. The van der Waals surface area contributed by atoms with Gasteiger partial charge in [-0.25, -0.2) is 10.2 Å². The zero-order valence-electron chi connectivity index (χ0n) is 13.6. The van der Waals surface area contributed by atoms with E-state index >= 15 is 0 Å². The summed E-state index contributed by atoms with van der Waals surface area (Å²) in [6.07, 6.45) is 2.35. The second-order valence-corrected chi connectivity index (χ2v) is 6.39. The van der Waals surface area contributed by atoms with Crippen LogP contribution in [0, 0.1) is 0 Å². The normalized spacial score (nSPS) is 13.4. The van der Waals surface area contributed by atoms with Gasteiger partial charge in [-0.2, -0.15) is 20.1 Å². The van der Waals surface area contributed by atoms with Gasteiger partial charge in [-0.05, 0) is 38.5 Å². The summed E-state index contributed by atoms with van der Waals surface area (Å²) in [6.45, 7) is 5.26. The van der Waals surface area contributed by atoms with Crippen LogP contribution in [0.5, 0.6) is 0 Å². The van der Waals surface area contributed by atoms with Gasteiger partial charge < -0.3 is 10.5 Å². The zero-order chi connectivity index (χ0) is 17.7. The molecule has 1 aromatic heterocycles. The number of nitrogens with one attached hydrogen (secondary N) is 1. The lowest BCUT2D eigenvalue weighted by molar-refractivity contribution is 0.0529. The van der Waals surface area contributed by atoms with Gasteiger partial charge in [-0.1, -0.05) is 23.7 Å². The summed E-state index contributed by atoms with van der Waals surface area (Å²) < 4.78 is 5.11. The molecular formula is C15H19ClN6O2. The second-order valence-electron chi connectivity index (χ2n) is 5.95. The van der Waals surface area contributed by atoms with Gasteiger partial charge in [0.05, 0.1) is 12.4 Å². The van der Waals surface area contributed by atoms with Crippen molar-refractivity contribution in [1.29, 1.82) is 0 Å². The standard InChI is InChI=1S/C15H19ClN6O2/c1-15(2,3)24-14(23)21-20-13(17)12(22-18-8-9-19-22)10-4-6-11(16)7-5-10/h4-9,12H,1-3H3,(H2,17,20)(H,21,23). The van der Waals surface area contributed by atoms with Crippen molar-refractivity contribution in [2.24, 2.45) is 10.8 Å². The molecule has 2 rings (SSSR count). The molecule has 0 radical (unpaired) electrons. The van der Waals surface area contributed by atoms with Gasteiger partial charge in [0.25, 0.3) is 0 Å². The van der Waals surface area contributed by atoms with Crippen molar-refractivity contribution >= 4 is 23.5 Å². The Kier molecular flexibility index (Phi) is 5.40. The van der Waals surface area contributed by atoms with Crippen molar-refractivity contribution in [3.05, 3.63) is 47.2 Å². The highest BCUT2D eigenvalue weighted by atomic mass is 35.5. The maximum atomic E-state index is 11.7. The molecule has 1 aromatic carbocycles. The quantitative estimate of drug-likeness (QED) is 0.500. The van der Waals surface area contributed by atoms with Crippen LogP contribution in [0.2, 0.25) is 5.02 Å². The summed E-state index contributed by atoms with van der Waals surface area (Å²) in [5.74, 6) is 0.0966. The van der Waals surface area contributed by atoms with E-state index < -0.39 is 17.7 Å². The first kappa shape index (κ1) is 17.7. The number of hydrogen-bond acceptors (Lipinski definition) is 5. The number of ether oxygens (including phenoxy) is 1. The Hall–Kier alpha value is -2.61. The minimum atomic E-state index is -0.700. The van der Waals surface area contributed by atoms with Crippen LogP contribution in [0.4, 0.5) is 4.79 Å². The first-order valence-electron chi connectivity index (χ1n) is 7.19. The first-order valence-corrected chi connectivity index (χ1v) is 7.57. The lowest BCUT2D eigenvalue weighted by atomic mass is 10.1. The molecule has 1 atom stereocenters. The number of carbonyl (C=O) groups is 1. The molecule has 128 valence electrons. The van der Waals surface area contributed by atoms with Crippen LogP contribution in [0.25, 0.3) is 0 Å². The third-order valence-corrected chi connectivity index (χ3v) is 3.06. The number of aromatic nitrogens is 3. The SMILES string of the molecule is CC(C)(C)OC(=O)NN=C(N)C(c1ccc(Cl)cc1)n1nccn1. The molecule has 9 heteroatoms. The molecule has 0 aliphatic heterocycles. The molecule has 0 spiro atoms. The molecule has 24 heavy (non-hydrogen) atoms. The maximum Gasteiger partial charge on any atom is 0.428 e. The number of benzene rings is 1. The van der Waals surface area contributed by atoms with Crippen molar-refractivity contribution < 1.29 is 9.53 Å². The Balaban J connectivity index is 2.22. The van der Waals surface area contributed by atoms with Gasteiger partial charge in [0, 0.05) is 5.02 Å². The molecule has 1 unspecified atom stereocenters. The number of hydrogen-bond donors (Lipinski definition) is 2. The van der Waals surface area contributed by atoms with Crippen LogP contribution >= 0.6 is 11.6 Å². The Morgan fingerprint density at radius 3 is 2.42 bits per heavy atom. The summed E-state index contributed by atoms with van der Waals surface area (Å²) >= 11 is 5.91. The Morgan fingerprint density at radius 2 is 1.88 bits per heavy atom. The highest BCUT2D eigenvalue weighted by Gasteiger charge is 2.21. The Bertz CT molecular complexity index is 707. The third-order valence-electron chi connectivity index (χ3n) is 2.81. The Morgan fingerprint density at radius 1 is 1.29 bits per heavy atom. The largest absolute Gasteiger partial charge is 0.443 e. The van der Waals surface area contributed by atoms with Crippen molar-refractivity contribution in [3.63, 3.8) is 0 Å². The molecule has 8 nitrogen and oxygen atoms in total. The number of carbonyl (C=O) groups excluding carboxylic acids is 1. The zero-order valence-corrected chi connectivity index (χ0v) is 14.4. The van der Waals surface area contributed by atoms with E-state index in [0.29, 0.717) is 5.02 Å². The van der Waals surface area contributed by atoms with E-state index in [4.69, 9.17) is 22.1 Å². The fourth-order valence-electron chi connectivity index (χ4n) is 1.90. The van der Waals surface area contributed by atoms with Gasteiger partial charge in [0.2, 0.25) is 0 Å². The molecule has 0 fully saturated rings. The molecule has 0 aliphatic carbocycles. The maximum absolute atomic E-state index is 11.7. The predicted molar refractivity (Wildman–Crippen MR) is 90.6 cm³/mol. The molecule has 3 N–H and O–H groups in total. The van der Waals surface area contributed by atoms with Crippen LogP contribution in [-0.2, 0) is 4.74 Å². The number of amides is 1. The number of nitrogens with two attached hydrogens (primary N) is 1. The van der Waals surface area contributed by atoms with Crippen LogP contribution < -0.4 is 11.2 Å². The highest BCUT2D eigenvalue weighted by Crippen LogP contribution is 2.19. The fourth-order valence-corrected chi connectivity index (χ4v) is 2.03. The minimum absolute atomic E-state index is 0.0966. The fraction of sp³-hybridized carbons (Fsp3) is 0.333. The van der Waals surface area contributed by atoms with Crippen molar-refractivity contribution in [2.45, 2.75) is 32.4 Å². The molecular weight excluding hydrogens is 332 g/mol. The summed E-state index contributed by atoms with van der Waals surface area (Å²) in [5, 5.41) is 12.7. The van der Waals surface area contributed by atoms with Gasteiger partial charge in [-0.3, -0.25) is 0 Å². The third kappa shape index (κ3) is 4.95. The van der Waals surface area contributed by atoms with Gasteiger partial charge in [0.1, 0.15) is 5.60 Å². The average molecular weight is 351 g/mol. The van der Waals surface area contributed by atoms with E-state index in [9.17, 15) is 4.79 Å². The number of nitrogens with zero attached hydrogens (tertiary/aromatic N) is 4. The van der Waals surface area contributed by atoms with E-state index in [-0.39, 0.29) is 5.84 Å². The van der Waals surface area contributed by atoms with E-state index in [0.717, 1.165) is 5.56 Å². The van der Waals surface area contributed by atoms with Gasteiger partial charge in [0.15, 0.2) is 11.9 Å². The lowest BCUT2D eigenvalue weighted by Crippen LogP contribution is -2.35. The van der Waals surface area contributed by atoms with Crippen molar-refractivity contribution in [2.75, 3.05) is 0 Å². The number of halogens is 1. The average Bonchev–Trinajstić information content (AvgIpc) is 2.99. The molecule has 2 aromatic rings. The lowest BCUT2D eigenvalue weighted by Gasteiger charge is -2.19. The molecule has 1 amide bonds. The van der Waals surface area contributed by atoms with Gasteiger partial charge in [-0.15, -0.1) is 0 Å². The van der Waals surface area contributed by atoms with E-state index in [2.05, 4.69) is 20.7 Å². The number of hydrazone groups is 1. The Labute approximate surface area is 144 Å². The summed E-state index contributed by atoms with van der Waals surface area (Å²) in [7, 11) is 0. The van der Waals surface area contributed by atoms with Crippen molar-refractivity contribution in [3.8, 4) is 0 Å². The van der Waals surface area contributed by atoms with Crippen molar-refractivity contribution in [1.82, 2.24) is 20.4 Å². The van der Waals surface area contributed by atoms with E-state index in [1.54, 1.807) is 45.0 Å². The van der Waals surface area contributed by atoms with Crippen LogP contribution in [0.3, 0.4) is 0 Å². The molecule has 0 aliphatic rings. The topological polar surface area (TPSA) is 107 Å². The van der Waals surface area contributed by atoms with Gasteiger partial charge >= 0.3 is 6.09 Å². The molecule has 0 saturated heterocycles. The van der Waals surface area contributed by atoms with Crippen LogP contribution in [0.1, 0.15) is 32.4 Å². The molecule has 1 heterocycles.